The van der Waals surface area contributed by atoms with Crippen molar-refractivity contribution < 1.29 is 87.5 Å². The molecule has 0 bridgehead atoms. The number of aromatic amines is 3. The summed E-state index contributed by atoms with van der Waals surface area (Å²) in [5.41, 5.74) is -12.3. The van der Waals surface area contributed by atoms with E-state index in [1.165, 1.54) is 28.4 Å². The molecule has 43 heteroatoms. The molecule has 6 N–H and O–H groups in total. The summed E-state index contributed by atoms with van der Waals surface area (Å²) in [7, 11) is -15.9. The van der Waals surface area contributed by atoms with E-state index in [4.69, 9.17) is 62.1 Å². The van der Waals surface area contributed by atoms with Gasteiger partial charge in [0.05, 0.1) is 36.3 Å². The molecule has 2 atom stereocenters. The number of benzene rings is 3. The van der Waals surface area contributed by atoms with Crippen LogP contribution in [0.5, 0.6) is 0 Å². The van der Waals surface area contributed by atoms with Gasteiger partial charge in [-0.2, -0.15) is 72.4 Å². The molecule has 8 rings (SSSR count). The van der Waals surface area contributed by atoms with Crippen molar-refractivity contribution in [3.8, 4) is 17.8 Å². The van der Waals surface area contributed by atoms with E-state index in [2.05, 4.69) is 71.3 Å². The van der Waals surface area contributed by atoms with Crippen LogP contribution < -0.4 is 6.14 Å². The number of halogens is 12. The second-order valence-corrected chi connectivity index (χ2v) is 20.4. The van der Waals surface area contributed by atoms with Gasteiger partial charge in [-0.05, 0) is 67.5 Å². The van der Waals surface area contributed by atoms with Crippen molar-refractivity contribution in [2.75, 3.05) is 35.6 Å². The van der Waals surface area contributed by atoms with E-state index in [1.807, 2.05) is 146 Å². The molecule has 3 aromatic carbocycles. The molecule has 26 nitrogen and oxygen atoms in total. The predicted octanol–water partition coefficient (Wildman–Crippen LogP) is 9.26. The third kappa shape index (κ3) is 43.5. The molecule has 1 aliphatic heterocycles. The molecular weight excluding hydrogens is 1580 g/mol. The summed E-state index contributed by atoms with van der Waals surface area (Å²) < 4.78 is 211. The Morgan fingerprint density at radius 1 is 0.894 bits per heavy atom. The number of alkyl halides is 11. The minimum absolute atomic E-state index is 0.000000000000000222. The maximum Gasteiger partial charge on any atom is 0.265 e. The van der Waals surface area contributed by atoms with Crippen molar-refractivity contribution in [3.63, 3.8) is 0 Å². The van der Waals surface area contributed by atoms with E-state index in [9.17, 15) is 49.6 Å². The Bertz CT molecular complexity index is 3260. The number of para-hydroxylation sites is 3. The summed E-state index contributed by atoms with van der Waals surface area (Å²) in [4.78, 5) is 37.2. The third-order valence-corrected chi connectivity index (χ3v) is 11.3. The van der Waals surface area contributed by atoms with E-state index in [0.717, 1.165) is 36.1 Å². The molecule has 0 saturated carbocycles. The number of nitro groups is 1. The van der Waals surface area contributed by atoms with Gasteiger partial charge in [0.1, 0.15) is 7.48 Å². The third-order valence-electron chi connectivity index (χ3n) is 7.59. The molecule has 1 saturated heterocycles. The first-order valence-electron chi connectivity index (χ1n) is 23.9. The summed E-state index contributed by atoms with van der Waals surface area (Å²) in [6.45, 7) is 11.2. The molecule has 85 heavy (non-hydrogen) atoms. The van der Waals surface area contributed by atoms with Crippen molar-refractivity contribution in [2.45, 2.75) is 36.3 Å². The minimum atomic E-state index is -6.09. The van der Waals surface area contributed by atoms with Gasteiger partial charge in [-0.3, -0.25) is 9.88 Å². The van der Waals surface area contributed by atoms with Crippen LogP contribution >= 0.6 is 75.2 Å². The van der Waals surface area contributed by atoms with E-state index in [-0.39, 0.29) is 23.6 Å². The Kier molecular flexibility index (Phi) is 44.0. The number of H-pyrrole nitrogens is 3. The maximum atomic E-state index is 10.7. The van der Waals surface area contributed by atoms with Gasteiger partial charge in [-0.15, -0.1) is 14.3 Å². The Morgan fingerprint density at radius 2 is 1.33 bits per heavy atom. The molecule has 1 fully saturated rings. The van der Waals surface area contributed by atoms with Gasteiger partial charge in [0.25, 0.3) is 5.82 Å². The molecule has 0 spiro atoms. The fourth-order valence-electron chi connectivity index (χ4n) is 4.21. The van der Waals surface area contributed by atoms with Crippen LogP contribution in [0.15, 0.2) is 123 Å². The summed E-state index contributed by atoms with van der Waals surface area (Å²) >= 11 is 2.35. The Balaban J connectivity index is -0.000000295. The first-order valence-corrected chi connectivity index (χ1v) is 32.0. The standard InChI is InChI=1S/C9H8N2.C7H9I.C7H6N2.C6H10N2.C5H2N4.C2H2N4O2.C2H7P.3CHF3O3S.CH3I.BHI.H3N/c1-2-4-9(5-3-1)11-7-6-10-8-11;1-8-7-5-3-2-4-6-7;1-2-4-7-6(3-1)8-5-9-7;7-3-6-8-4-1-2-5-8;1-7-5-4(2-6)8-3-9-5;7-6(8)2-3-1-4-5-2;1-2-3;3*2-1(3,4)8(5,6)7;2*1-2;/h1-8H;2-6,8H,1H3;1-5H,(H,8,9);1-2,4-6H2;3H,(H,8,9);1H,(H,3,4,5);2-3H2,1H3;3*(H,5,6,7);1H3;1H;1H3/p-3/i;8T;;;;;2T;;;;1D;1T;/hT. The average Bonchev–Trinajstić information content (AvgIpc) is 2.25. The number of fused-ring (bicyclic) bond motifs is 1. The Hall–Kier alpha value is -5.74. The molecule has 2 unspecified atom stereocenters. The van der Waals surface area contributed by atoms with Crippen LogP contribution in [0.25, 0.3) is 21.6 Å². The van der Waals surface area contributed by atoms with Crippen molar-refractivity contribution in [2.24, 2.45) is 0 Å². The Morgan fingerprint density at radius 3 is 1.65 bits per heavy atom. The van der Waals surface area contributed by atoms with Crippen molar-refractivity contribution in [1.82, 2.24) is 55.7 Å². The van der Waals surface area contributed by atoms with E-state index in [1.54, 1.807) is 31.8 Å². The number of imidazole rings is 3. The zero-order chi connectivity index (χ0) is 70.8. The summed E-state index contributed by atoms with van der Waals surface area (Å²) in [6.07, 6.45) is 15.9. The smallest absolute Gasteiger partial charge is 0.265 e. The molecule has 0 amide bonds. The van der Waals surface area contributed by atoms with E-state index >= 15 is 0 Å². The second kappa shape index (κ2) is 48.4. The number of nitriles is 2. The van der Waals surface area contributed by atoms with Crippen molar-refractivity contribution in [3.05, 3.63) is 153 Å². The second-order valence-electron chi connectivity index (χ2n) is 13.3. The fourth-order valence-corrected chi connectivity index (χ4v) is 5.35. The van der Waals surface area contributed by atoms with Crippen molar-refractivity contribution in [1.29, 1.82) is 12.5 Å². The van der Waals surface area contributed by atoms with E-state index in [0.29, 0.717) is 11.5 Å². The quantitative estimate of drug-likeness (QED) is 0.0109. The zero-order valence-corrected chi connectivity index (χ0v) is 53.3. The summed E-state index contributed by atoms with van der Waals surface area (Å²) in [5.74, 6) is -0.123. The molecule has 7 aromatic rings. The predicted molar refractivity (Wildman–Crippen MR) is 324 cm³/mol. The average molecular weight is 1640 g/mol. The van der Waals surface area contributed by atoms with Crippen LogP contribution in [0, 0.1) is 42.9 Å². The van der Waals surface area contributed by atoms with Gasteiger partial charge >= 0.3 is 82.9 Å². The number of hydrogen-bond donors (Lipinski definition) is 4. The molecule has 0 aliphatic carbocycles. The number of likely N-dealkylation sites (tertiary alicyclic amines) is 1. The van der Waals surface area contributed by atoms with Crippen LogP contribution in [0.3, 0.4) is 0 Å². The first-order chi connectivity index (χ1) is 41.7. The largest absolute Gasteiger partial charge is 0.361 e. The van der Waals surface area contributed by atoms with Gasteiger partial charge in [0.15, 0.2) is 48.0 Å². The normalized spacial score (nSPS) is 12.4. The molecule has 4 aromatic heterocycles. The van der Waals surface area contributed by atoms with Gasteiger partial charge in [-0.25, -0.2) is 40.2 Å². The molecular formula is C42H51BF9I3N15O11PS3-3. The van der Waals surface area contributed by atoms with Crippen LogP contribution in [0.1, 0.15) is 28.2 Å². The van der Waals surface area contributed by atoms with Crippen LogP contribution in [-0.2, 0) is 30.4 Å². The van der Waals surface area contributed by atoms with Crippen LogP contribution in [0.2, 0.25) is 1.41 Å². The number of rotatable bonds is 4. The first kappa shape index (κ1) is 77.3. The Labute approximate surface area is 529 Å². The molecule has 5 heterocycles. The molecule has 1 aliphatic rings. The number of nitrogens with one attached hydrogen (secondary N) is 3. The fraction of sp³-hybridized carbons (Fsp3) is 0.286. The van der Waals surface area contributed by atoms with Gasteiger partial charge in [0.2, 0.25) is 6.33 Å². The maximum absolute atomic E-state index is 10.7. The monoisotopic (exact) mass is 1640 g/mol. The SMILES string of the molecule is N#CCN1CCCC1.O=S(=O)([O-])C(F)(F)F.O=S(=O)([O-])C(F)(F)F.O=S(=O)([O-])C(F)(F)F.O=[N+]([O-])c1ncn[nH]1.[2H]CI.[3H]C(C)P.[3H]I(C)c1ccccc1.[3H]N.[3H][B]I.[C-]#[N+]c1[nH]cnc1C#N.c1ccc(-n2ccnc2)cc1.c1ccc2[nH]cnc2c1. The number of hydrogen-bond acceptors (Lipinski definition) is 20. The zero-order valence-electron chi connectivity index (χ0n) is 48.3. The van der Waals surface area contributed by atoms with Crippen LogP contribution in [-0.4, -0.2) is 153 Å². The van der Waals surface area contributed by atoms with Gasteiger partial charge in [0, 0.05) is 20.8 Å². The topological polar surface area (TPSA) is 422 Å². The van der Waals surface area contributed by atoms with Crippen LogP contribution in [0.4, 0.5) is 51.3 Å². The number of aromatic nitrogens is 9. The molecule has 1 radical (unpaired) electrons. The number of nitrogens with zero attached hydrogens (tertiary/aromatic N) is 11. The summed E-state index contributed by atoms with van der Waals surface area (Å²) in [5, 5.41) is 31.6. The summed E-state index contributed by atoms with van der Waals surface area (Å²) in [6, 6.07) is 32.0. The van der Waals surface area contributed by atoms with Gasteiger partial charge < -0.3 is 44.3 Å². The minimum Gasteiger partial charge on any atom is -0.361 e. The van der Waals surface area contributed by atoms with Gasteiger partial charge in [-0.1, -0.05) is 76.5 Å². The molecule has 473 valence electrons. The van der Waals surface area contributed by atoms with Crippen molar-refractivity contribution >= 4 is 134 Å². The van der Waals surface area contributed by atoms with E-state index < -0.39 is 72.8 Å².